The Hall–Kier alpha value is -2.44. The predicted molar refractivity (Wildman–Crippen MR) is 66.6 cm³/mol. The molecule has 0 atom stereocenters. The number of hydrogen-bond acceptors (Lipinski definition) is 5. The molecule has 0 saturated carbocycles. The molecule has 7 nitrogen and oxygen atoms in total. The number of hydrogen-bond donors (Lipinski definition) is 1. The first-order chi connectivity index (χ1) is 8.41. The van der Waals surface area contributed by atoms with Crippen LogP contribution in [0.5, 0.6) is 0 Å². The highest BCUT2D eigenvalue weighted by atomic mass is 16.6. The molecule has 1 aromatic heterocycles. The van der Waals surface area contributed by atoms with Crippen LogP contribution in [0.1, 0.15) is 16.8 Å². The fraction of sp³-hybridized carbons (Fsp3) is 0.273. The molecule has 1 aromatic carbocycles. The van der Waals surface area contributed by atoms with Gasteiger partial charge in [0.1, 0.15) is 0 Å². The third-order valence-electron chi connectivity index (χ3n) is 2.87. The summed E-state index contributed by atoms with van der Waals surface area (Å²) in [5.41, 5.74) is 8.53. The standard InChI is InChI=1S/C11H13N5O2/c1-6-5-10(16(17)18)7(2)4-9(6)15-8(3)11(12)13-14-15/h4-5H,12H2,1-3H3. The van der Waals surface area contributed by atoms with E-state index in [4.69, 9.17) is 5.73 Å². The van der Waals surface area contributed by atoms with E-state index in [0.29, 0.717) is 17.1 Å². The van der Waals surface area contributed by atoms with Gasteiger partial charge in [0.2, 0.25) is 0 Å². The Labute approximate surface area is 103 Å². The first-order valence-corrected chi connectivity index (χ1v) is 5.35. The third kappa shape index (κ3) is 1.79. The normalized spacial score (nSPS) is 10.6. The Morgan fingerprint density at radius 1 is 1.28 bits per heavy atom. The third-order valence-corrected chi connectivity index (χ3v) is 2.87. The van der Waals surface area contributed by atoms with Crippen molar-refractivity contribution in [2.75, 3.05) is 5.73 Å². The summed E-state index contributed by atoms with van der Waals surface area (Å²) in [7, 11) is 0. The van der Waals surface area contributed by atoms with Crippen molar-refractivity contribution in [2.45, 2.75) is 20.8 Å². The van der Waals surface area contributed by atoms with Crippen molar-refractivity contribution in [2.24, 2.45) is 0 Å². The van der Waals surface area contributed by atoms with Gasteiger partial charge in [-0.15, -0.1) is 5.10 Å². The fourth-order valence-electron chi connectivity index (χ4n) is 1.78. The van der Waals surface area contributed by atoms with Crippen LogP contribution in [0.25, 0.3) is 5.69 Å². The quantitative estimate of drug-likeness (QED) is 0.642. The van der Waals surface area contributed by atoms with Crippen LogP contribution in [-0.4, -0.2) is 19.9 Å². The van der Waals surface area contributed by atoms with E-state index in [1.54, 1.807) is 31.5 Å². The molecule has 0 fully saturated rings. The smallest absolute Gasteiger partial charge is 0.272 e. The van der Waals surface area contributed by atoms with Crippen LogP contribution in [0.4, 0.5) is 11.5 Å². The van der Waals surface area contributed by atoms with E-state index < -0.39 is 4.92 Å². The maximum absolute atomic E-state index is 10.8. The highest BCUT2D eigenvalue weighted by Crippen LogP contribution is 2.25. The fourth-order valence-corrected chi connectivity index (χ4v) is 1.78. The number of aromatic nitrogens is 3. The molecule has 0 aliphatic rings. The summed E-state index contributed by atoms with van der Waals surface area (Å²) in [5, 5.41) is 18.6. The molecule has 0 bridgehead atoms. The van der Waals surface area contributed by atoms with Gasteiger partial charge < -0.3 is 5.73 Å². The molecule has 94 valence electrons. The van der Waals surface area contributed by atoms with Gasteiger partial charge in [-0.2, -0.15) is 0 Å². The zero-order valence-corrected chi connectivity index (χ0v) is 10.3. The molecule has 1 heterocycles. The summed E-state index contributed by atoms with van der Waals surface area (Å²) in [5.74, 6) is 0.352. The van der Waals surface area contributed by atoms with E-state index in [9.17, 15) is 10.1 Å². The number of nitrogen functional groups attached to an aromatic ring is 1. The largest absolute Gasteiger partial charge is 0.381 e. The van der Waals surface area contributed by atoms with E-state index in [1.807, 2.05) is 0 Å². The van der Waals surface area contributed by atoms with E-state index in [2.05, 4.69) is 10.3 Å². The second-order valence-electron chi connectivity index (χ2n) is 4.15. The minimum Gasteiger partial charge on any atom is -0.381 e. The zero-order valence-electron chi connectivity index (χ0n) is 10.3. The van der Waals surface area contributed by atoms with Crippen molar-refractivity contribution in [3.63, 3.8) is 0 Å². The molecule has 2 rings (SSSR count). The molecule has 0 aliphatic heterocycles. The lowest BCUT2D eigenvalue weighted by Gasteiger charge is -2.08. The number of anilines is 1. The summed E-state index contributed by atoms with van der Waals surface area (Å²) in [4.78, 5) is 10.4. The second kappa shape index (κ2) is 4.10. The molecular weight excluding hydrogens is 234 g/mol. The molecule has 0 spiro atoms. The van der Waals surface area contributed by atoms with Crippen LogP contribution >= 0.6 is 0 Å². The molecular formula is C11H13N5O2. The van der Waals surface area contributed by atoms with Gasteiger partial charge in [-0.3, -0.25) is 10.1 Å². The molecule has 0 aliphatic carbocycles. The Morgan fingerprint density at radius 2 is 1.94 bits per heavy atom. The van der Waals surface area contributed by atoms with Crippen LogP contribution in [0.3, 0.4) is 0 Å². The van der Waals surface area contributed by atoms with Crippen molar-refractivity contribution in [3.8, 4) is 5.69 Å². The number of benzene rings is 1. The van der Waals surface area contributed by atoms with Crippen molar-refractivity contribution < 1.29 is 4.92 Å². The summed E-state index contributed by atoms with van der Waals surface area (Å²) in [6, 6.07) is 3.25. The molecule has 2 aromatic rings. The van der Waals surface area contributed by atoms with Crippen molar-refractivity contribution in [1.29, 1.82) is 0 Å². The second-order valence-corrected chi connectivity index (χ2v) is 4.15. The van der Waals surface area contributed by atoms with Crippen LogP contribution in [0.15, 0.2) is 12.1 Å². The van der Waals surface area contributed by atoms with E-state index in [0.717, 1.165) is 11.3 Å². The number of rotatable bonds is 2. The van der Waals surface area contributed by atoms with Gasteiger partial charge in [0, 0.05) is 11.6 Å². The molecule has 0 saturated heterocycles. The highest BCUT2D eigenvalue weighted by Gasteiger charge is 2.16. The molecule has 18 heavy (non-hydrogen) atoms. The average molecular weight is 247 g/mol. The zero-order chi connectivity index (χ0) is 13.4. The summed E-state index contributed by atoms with van der Waals surface area (Å²) < 4.78 is 1.58. The molecule has 0 amide bonds. The maximum Gasteiger partial charge on any atom is 0.272 e. The molecule has 0 radical (unpaired) electrons. The SMILES string of the molecule is Cc1cc([N+](=O)[O-])c(C)cc1-n1nnc(N)c1C. The van der Waals surface area contributed by atoms with Gasteiger partial charge in [0.15, 0.2) is 5.82 Å². The Bertz CT molecular complexity index is 633. The van der Waals surface area contributed by atoms with Gasteiger partial charge in [-0.05, 0) is 32.4 Å². The van der Waals surface area contributed by atoms with Gasteiger partial charge in [0.25, 0.3) is 5.69 Å². The van der Waals surface area contributed by atoms with Crippen LogP contribution < -0.4 is 5.73 Å². The van der Waals surface area contributed by atoms with Crippen molar-refractivity contribution >= 4 is 11.5 Å². The first-order valence-electron chi connectivity index (χ1n) is 5.35. The van der Waals surface area contributed by atoms with E-state index in [1.165, 1.54) is 6.07 Å². The van der Waals surface area contributed by atoms with E-state index in [-0.39, 0.29) is 5.69 Å². The lowest BCUT2D eigenvalue weighted by molar-refractivity contribution is -0.385. The molecule has 0 unspecified atom stereocenters. The number of nitro benzene ring substituents is 1. The van der Waals surface area contributed by atoms with Crippen LogP contribution in [0.2, 0.25) is 0 Å². The van der Waals surface area contributed by atoms with Crippen molar-refractivity contribution in [1.82, 2.24) is 15.0 Å². The number of nitrogens with zero attached hydrogens (tertiary/aromatic N) is 4. The Morgan fingerprint density at radius 3 is 2.44 bits per heavy atom. The van der Waals surface area contributed by atoms with Gasteiger partial charge in [0.05, 0.1) is 16.3 Å². The number of nitrogens with two attached hydrogens (primary N) is 1. The maximum atomic E-state index is 10.8. The van der Waals surface area contributed by atoms with E-state index >= 15 is 0 Å². The molecule has 2 N–H and O–H groups in total. The molecule has 7 heteroatoms. The summed E-state index contributed by atoms with van der Waals surface area (Å²) in [6.45, 7) is 5.28. The number of nitro groups is 1. The number of aryl methyl sites for hydroxylation is 2. The average Bonchev–Trinajstić information content (AvgIpc) is 2.62. The lowest BCUT2D eigenvalue weighted by Crippen LogP contribution is -2.04. The first kappa shape index (κ1) is 12.0. The topological polar surface area (TPSA) is 99.9 Å². The van der Waals surface area contributed by atoms with Gasteiger partial charge in [-0.1, -0.05) is 5.21 Å². The van der Waals surface area contributed by atoms with Crippen LogP contribution in [0, 0.1) is 30.9 Å². The van der Waals surface area contributed by atoms with Gasteiger partial charge in [-0.25, -0.2) is 4.68 Å². The Balaban J connectivity index is 2.63. The lowest BCUT2D eigenvalue weighted by atomic mass is 10.1. The van der Waals surface area contributed by atoms with Crippen molar-refractivity contribution in [3.05, 3.63) is 39.1 Å². The summed E-state index contributed by atoms with van der Waals surface area (Å²) in [6.07, 6.45) is 0. The van der Waals surface area contributed by atoms with Gasteiger partial charge >= 0.3 is 0 Å². The highest BCUT2D eigenvalue weighted by molar-refractivity contribution is 5.54. The minimum absolute atomic E-state index is 0.0991. The Kier molecular flexibility index (Phi) is 2.74. The monoisotopic (exact) mass is 247 g/mol. The summed E-state index contributed by atoms with van der Waals surface area (Å²) >= 11 is 0. The predicted octanol–water partition coefficient (Wildman–Crippen LogP) is 1.68. The minimum atomic E-state index is -0.394. The van der Waals surface area contributed by atoms with Crippen LogP contribution in [-0.2, 0) is 0 Å².